The lowest BCUT2D eigenvalue weighted by molar-refractivity contribution is -0.139. The van der Waals surface area contributed by atoms with Crippen LogP contribution in [-0.2, 0) is 9.59 Å². The molecule has 20 heavy (non-hydrogen) atoms. The van der Waals surface area contributed by atoms with E-state index in [-0.39, 0.29) is 12.8 Å². The van der Waals surface area contributed by atoms with Gasteiger partial charge in [0, 0.05) is 20.0 Å². The van der Waals surface area contributed by atoms with Crippen LogP contribution in [0.25, 0.3) is 0 Å². The Morgan fingerprint density at radius 3 is 2.25 bits per heavy atom. The van der Waals surface area contributed by atoms with Crippen LogP contribution >= 0.6 is 0 Å². The van der Waals surface area contributed by atoms with E-state index in [9.17, 15) is 14.4 Å². The van der Waals surface area contributed by atoms with E-state index in [2.05, 4.69) is 5.32 Å². The van der Waals surface area contributed by atoms with Crippen LogP contribution < -0.4 is 11.1 Å². The first kappa shape index (κ1) is 18.2. The molecule has 8 heteroatoms. The standard InChI is InChI=1S/C12H24N4O4/c1-15(2)7-4-8-16(3)12(20)14-9(11(18)19)5-6-10(13)17/h9H,4-8H2,1-3H3,(H2,13,17)(H,14,20)(H,18,19)/t9-/m0/s1. The molecule has 0 rings (SSSR count). The molecule has 0 aromatic heterocycles. The maximum Gasteiger partial charge on any atom is 0.326 e. The number of carbonyl (C=O) groups is 3. The summed E-state index contributed by atoms with van der Waals surface area (Å²) in [6.07, 6.45) is 0.694. The van der Waals surface area contributed by atoms with Gasteiger partial charge in [0.2, 0.25) is 5.91 Å². The fourth-order valence-electron chi connectivity index (χ4n) is 1.53. The molecule has 0 aliphatic rings. The summed E-state index contributed by atoms with van der Waals surface area (Å²) in [5.41, 5.74) is 4.97. The summed E-state index contributed by atoms with van der Waals surface area (Å²) in [6.45, 7) is 1.35. The number of carboxylic acid groups (broad SMARTS) is 1. The van der Waals surface area contributed by atoms with E-state index in [4.69, 9.17) is 10.8 Å². The molecule has 0 heterocycles. The Morgan fingerprint density at radius 2 is 1.80 bits per heavy atom. The zero-order valence-electron chi connectivity index (χ0n) is 12.3. The minimum atomic E-state index is -1.18. The molecular weight excluding hydrogens is 264 g/mol. The zero-order valence-corrected chi connectivity index (χ0v) is 12.3. The number of primary amides is 1. The minimum absolute atomic E-state index is 0.0120. The maximum atomic E-state index is 11.8. The van der Waals surface area contributed by atoms with E-state index in [0.717, 1.165) is 13.0 Å². The molecule has 0 fully saturated rings. The van der Waals surface area contributed by atoms with Gasteiger partial charge in [-0.15, -0.1) is 0 Å². The van der Waals surface area contributed by atoms with Crippen molar-refractivity contribution >= 4 is 17.9 Å². The van der Waals surface area contributed by atoms with Crippen molar-refractivity contribution in [3.05, 3.63) is 0 Å². The lowest BCUT2D eigenvalue weighted by Crippen LogP contribution is -2.47. The summed E-state index contributed by atoms with van der Waals surface area (Å²) in [5.74, 6) is -1.77. The van der Waals surface area contributed by atoms with Crippen LogP contribution in [-0.4, -0.2) is 73.1 Å². The van der Waals surface area contributed by atoms with E-state index in [0.29, 0.717) is 6.54 Å². The number of hydrogen-bond donors (Lipinski definition) is 3. The molecule has 3 amide bonds. The van der Waals surface area contributed by atoms with Gasteiger partial charge in [-0.05, 0) is 33.5 Å². The second kappa shape index (κ2) is 9.13. The van der Waals surface area contributed by atoms with Crippen LogP contribution in [0.5, 0.6) is 0 Å². The summed E-state index contributed by atoms with van der Waals surface area (Å²) >= 11 is 0. The topological polar surface area (TPSA) is 116 Å². The highest BCUT2D eigenvalue weighted by molar-refractivity contribution is 5.83. The smallest absolute Gasteiger partial charge is 0.326 e. The second-order valence-electron chi connectivity index (χ2n) is 4.92. The van der Waals surface area contributed by atoms with Crippen molar-refractivity contribution in [2.24, 2.45) is 5.73 Å². The fraction of sp³-hybridized carbons (Fsp3) is 0.750. The Morgan fingerprint density at radius 1 is 1.20 bits per heavy atom. The Kier molecular flexibility index (Phi) is 8.30. The first-order valence-electron chi connectivity index (χ1n) is 6.41. The second-order valence-corrected chi connectivity index (χ2v) is 4.92. The van der Waals surface area contributed by atoms with Gasteiger partial charge < -0.3 is 26.0 Å². The molecule has 0 unspecified atom stereocenters. The van der Waals surface area contributed by atoms with Gasteiger partial charge >= 0.3 is 12.0 Å². The average Bonchev–Trinajstić information content (AvgIpc) is 2.32. The maximum absolute atomic E-state index is 11.8. The Labute approximate surface area is 118 Å². The van der Waals surface area contributed by atoms with Gasteiger partial charge in [-0.25, -0.2) is 9.59 Å². The average molecular weight is 288 g/mol. The lowest BCUT2D eigenvalue weighted by atomic mass is 10.1. The normalized spacial score (nSPS) is 12.0. The SMILES string of the molecule is CN(C)CCCN(C)C(=O)N[C@@H](CCC(N)=O)C(=O)O. The molecule has 0 saturated carbocycles. The lowest BCUT2D eigenvalue weighted by Gasteiger charge is -2.21. The van der Waals surface area contributed by atoms with Crippen LogP contribution in [0, 0.1) is 0 Å². The number of nitrogens with zero attached hydrogens (tertiary/aromatic N) is 2. The number of aliphatic carboxylic acids is 1. The first-order chi connectivity index (χ1) is 9.23. The van der Waals surface area contributed by atoms with E-state index in [1.54, 1.807) is 7.05 Å². The van der Waals surface area contributed by atoms with Gasteiger partial charge in [0.1, 0.15) is 6.04 Å². The van der Waals surface area contributed by atoms with Crippen LogP contribution in [0.15, 0.2) is 0 Å². The van der Waals surface area contributed by atoms with Crippen LogP contribution in [0.3, 0.4) is 0 Å². The molecule has 0 aromatic carbocycles. The number of hydrogen-bond acceptors (Lipinski definition) is 4. The first-order valence-corrected chi connectivity index (χ1v) is 6.41. The Balaban J connectivity index is 4.23. The van der Waals surface area contributed by atoms with Crippen molar-refractivity contribution in [2.75, 3.05) is 34.2 Å². The molecule has 0 aromatic rings. The van der Waals surface area contributed by atoms with Crippen molar-refractivity contribution in [1.29, 1.82) is 0 Å². The molecule has 116 valence electrons. The van der Waals surface area contributed by atoms with Gasteiger partial charge in [0.05, 0.1) is 0 Å². The van der Waals surface area contributed by atoms with Crippen molar-refractivity contribution in [2.45, 2.75) is 25.3 Å². The molecule has 0 spiro atoms. The quantitative estimate of drug-likeness (QED) is 0.519. The summed E-state index contributed by atoms with van der Waals surface area (Å²) < 4.78 is 0. The van der Waals surface area contributed by atoms with E-state index in [1.807, 2.05) is 19.0 Å². The molecule has 0 aliphatic heterocycles. The van der Waals surface area contributed by atoms with Crippen molar-refractivity contribution in [3.63, 3.8) is 0 Å². The number of rotatable bonds is 9. The molecule has 4 N–H and O–H groups in total. The third-order valence-electron chi connectivity index (χ3n) is 2.72. The minimum Gasteiger partial charge on any atom is -0.480 e. The molecule has 1 atom stereocenters. The highest BCUT2D eigenvalue weighted by atomic mass is 16.4. The number of nitrogens with two attached hydrogens (primary N) is 1. The molecule has 0 aliphatic carbocycles. The third-order valence-corrected chi connectivity index (χ3v) is 2.72. The number of urea groups is 1. The van der Waals surface area contributed by atoms with E-state index in [1.165, 1.54) is 4.90 Å². The number of carbonyl (C=O) groups excluding carboxylic acids is 2. The van der Waals surface area contributed by atoms with Gasteiger partial charge in [-0.2, -0.15) is 0 Å². The molecule has 0 radical (unpaired) electrons. The van der Waals surface area contributed by atoms with Crippen molar-refractivity contribution < 1.29 is 19.5 Å². The van der Waals surface area contributed by atoms with Crippen LogP contribution in [0.4, 0.5) is 4.79 Å². The molecular formula is C12H24N4O4. The van der Waals surface area contributed by atoms with Gasteiger partial charge in [-0.1, -0.05) is 0 Å². The summed E-state index contributed by atoms with van der Waals surface area (Å²) in [6, 6.07) is -1.58. The highest BCUT2D eigenvalue weighted by Crippen LogP contribution is 1.99. The summed E-state index contributed by atoms with van der Waals surface area (Å²) in [7, 11) is 5.46. The van der Waals surface area contributed by atoms with Crippen molar-refractivity contribution in [1.82, 2.24) is 15.1 Å². The van der Waals surface area contributed by atoms with Crippen molar-refractivity contribution in [3.8, 4) is 0 Å². The third kappa shape index (κ3) is 8.30. The van der Waals surface area contributed by atoms with E-state index < -0.39 is 23.9 Å². The summed E-state index contributed by atoms with van der Waals surface area (Å²) in [4.78, 5) is 36.9. The van der Waals surface area contributed by atoms with Gasteiger partial charge in [-0.3, -0.25) is 4.79 Å². The molecule has 8 nitrogen and oxygen atoms in total. The number of carboxylic acids is 1. The van der Waals surface area contributed by atoms with Crippen LogP contribution in [0.1, 0.15) is 19.3 Å². The van der Waals surface area contributed by atoms with Gasteiger partial charge in [0.25, 0.3) is 0 Å². The largest absolute Gasteiger partial charge is 0.480 e. The fourth-order valence-corrected chi connectivity index (χ4v) is 1.53. The van der Waals surface area contributed by atoms with E-state index >= 15 is 0 Å². The predicted molar refractivity (Wildman–Crippen MR) is 74.2 cm³/mol. The number of nitrogens with one attached hydrogen (secondary N) is 1. The van der Waals surface area contributed by atoms with Crippen LogP contribution in [0.2, 0.25) is 0 Å². The predicted octanol–water partition coefficient (Wildman–Crippen LogP) is -0.702. The molecule has 0 saturated heterocycles. The van der Waals surface area contributed by atoms with Gasteiger partial charge in [0.15, 0.2) is 0 Å². The monoisotopic (exact) mass is 288 g/mol. The summed E-state index contributed by atoms with van der Waals surface area (Å²) in [5, 5.41) is 11.3. The Bertz CT molecular complexity index is 346. The highest BCUT2D eigenvalue weighted by Gasteiger charge is 2.22. The Hall–Kier alpha value is -1.83. The molecule has 0 bridgehead atoms. The zero-order chi connectivity index (χ0) is 15.7. The number of amides is 3.